The van der Waals surface area contributed by atoms with Gasteiger partial charge in [0.2, 0.25) is 0 Å². The summed E-state index contributed by atoms with van der Waals surface area (Å²) in [5.74, 6) is 0. The Morgan fingerprint density at radius 1 is 0.514 bits per heavy atom. The summed E-state index contributed by atoms with van der Waals surface area (Å²) in [6, 6.07) is 0. The summed E-state index contributed by atoms with van der Waals surface area (Å²) in [6.07, 6.45) is 26.3. The monoisotopic (exact) mass is 555 g/mol. The number of nitrogens with zero attached hydrogens (tertiary/aromatic N) is 1. The summed E-state index contributed by atoms with van der Waals surface area (Å²) in [5, 5.41) is 25.5. The highest BCUT2D eigenvalue weighted by Gasteiger charge is 2.03. The average Bonchev–Trinajstić information content (AvgIpc) is 2.85. The Kier molecular flexibility index (Phi) is 33.5. The van der Waals surface area contributed by atoms with Gasteiger partial charge in [0, 0.05) is 19.6 Å². The third-order valence-electron chi connectivity index (χ3n) is 6.48. The van der Waals surface area contributed by atoms with Gasteiger partial charge in [-0.3, -0.25) is 9.45 Å². The first kappa shape index (κ1) is 38.9. The maximum absolute atomic E-state index is 10.4. The Labute approximate surface area is 229 Å². The molecule has 0 aromatic heterocycles. The normalized spacial score (nSPS) is 11.6. The Bertz CT molecular complexity index is 506. The first-order valence-corrected chi connectivity index (χ1v) is 16.4. The van der Waals surface area contributed by atoms with E-state index >= 15 is 0 Å². The number of aliphatic hydroxyl groups is 3. The van der Waals surface area contributed by atoms with Gasteiger partial charge in [0.05, 0.1) is 26.4 Å². The van der Waals surface area contributed by atoms with Gasteiger partial charge in [-0.1, -0.05) is 129 Å². The van der Waals surface area contributed by atoms with Crippen LogP contribution in [0.5, 0.6) is 0 Å². The molecule has 8 nitrogen and oxygen atoms in total. The molecule has 0 amide bonds. The van der Waals surface area contributed by atoms with E-state index in [4.69, 9.17) is 19.9 Å². The molecule has 0 atom stereocenters. The minimum Gasteiger partial charge on any atom is -0.395 e. The van der Waals surface area contributed by atoms with E-state index in [0.29, 0.717) is 26.1 Å². The zero-order valence-corrected chi connectivity index (χ0v) is 24.8. The Hall–Kier alpha value is -0.290. The highest BCUT2D eigenvalue weighted by Crippen LogP contribution is 2.14. The van der Waals surface area contributed by atoms with Crippen molar-refractivity contribution in [3.63, 3.8) is 0 Å². The topological polar surface area (TPSA) is 128 Å². The SMILES string of the molecule is CCCCCCCCCCCCCCCCCCCCCCOS(=O)(=O)O.OCCN(CCO)CCO. The number of hydrogen-bond donors (Lipinski definition) is 4. The van der Waals surface area contributed by atoms with Gasteiger partial charge < -0.3 is 15.3 Å². The van der Waals surface area contributed by atoms with Crippen molar-refractivity contribution in [2.45, 2.75) is 135 Å². The number of hydrogen-bond acceptors (Lipinski definition) is 7. The molecule has 0 aliphatic carbocycles. The van der Waals surface area contributed by atoms with Crippen molar-refractivity contribution in [2.24, 2.45) is 0 Å². The number of rotatable bonds is 28. The van der Waals surface area contributed by atoms with E-state index in [1.165, 1.54) is 109 Å². The smallest absolute Gasteiger partial charge is 0.395 e. The molecule has 0 radical (unpaired) electrons. The van der Waals surface area contributed by atoms with Crippen molar-refractivity contribution in [3.05, 3.63) is 0 Å². The molecule has 0 aliphatic rings. The van der Waals surface area contributed by atoms with E-state index in [2.05, 4.69) is 11.1 Å². The summed E-state index contributed by atoms with van der Waals surface area (Å²) < 4.78 is 33.5. The molecule has 9 heteroatoms. The van der Waals surface area contributed by atoms with Crippen molar-refractivity contribution in [3.8, 4) is 0 Å². The van der Waals surface area contributed by atoms with Gasteiger partial charge in [0.15, 0.2) is 0 Å². The summed E-state index contributed by atoms with van der Waals surface area (Å²) >= 11 is 0. The lowest BCUT2D eigenvalue weighted by Crippen LogP contribution is -2.32. The predicted molar refractivity (Wildman–Crippen MR) is 153 cm³/mol. The molecule has 37 heavy (non-hydrogen) atoms. The molecule has 0 heterocycles. The maximum Gasteiger partial charge on any atom is 0.397 e. The summed E-state index contributed by atoms with van der Waals surface area (Å²) in [4.78, 5) is 1.79. The van der Waals surface area contributed by atoms with Crippen molar-refractivity contribution < 1.29 is 32.5 Å². The molecule has 226 valence electrons. The van der Waals surface area contributed by atoms with Crippen molar-refractivity contribution in [1.29, 1.82) is 0 Å². The van der Waals surface area contributed by atoms with Crippen LogP contribution in [0.15, 0.2) is 0 Å². The van der Waals surface area contributed by atoms with Gasteiger partial charge in [0.1, 0.15) is 0 Å². The second-order valence-corrected chi connectivity index (χ2v) is 11.1. The molecular weight excluding hydrogens is 494 g/mol. The molecule has 0 spiro atoms. The van der Waals surface area contributed by atoms with E-state index in [1.807, 2.05) is 0 Å². The number of unbranched alkanes of at least 4 members (excludes halogenated alkanes) is 19. The second kappa shape index (κ2) is 31.9. The molecule has 0 saturated carbocycles. The van der Waals surface area contributed by atoms with Crippen molar-refractivity contribution in [2.75, 3.05) is 46.1 Å². The standard InChI is InChI=1S/C22H46O4S.C6H15NO3/c1-2-3-4-5-6-7-8-9-10-11-12-13-14-15-16-17-18-19-20-21-22-26-27(23,24)25;8-4-1-7(2-5-9)3-6-10/h2-22H2,1H3,(H,23,24,25);8-10H,1-6H2. The van der Waals surface area contributed by atoms with Gasteiger partial charge >= 0.3 is 10.4 Å². The van der Waals surface area contributed by atoms with Crippen LogP contribution in [-0.4, -0.2) is 79.3 Å². The second-order valence-electron chi connectivity index (χ2n) is 9.98. The highest BCUT2D eigenvalue weighted by molar-refractivity contribution is 7.80. The zero-order chi connectivity index (χ0) is 27.9. The molecule has 0 aliphatic heterocycles. The zero-order valence-electron chi connectivity index (χ0n) is 24.0. The lowest BCUT2D eigenvalue weighted by molar-refractivity contribution is 0.136. The molecule has 0 saturated heterocycles. The van der Waals surface area contributed by atoms with Crippen LogP contribution in [0, 0.1) is 0 Å². The lowest BCUT2D eigenvalue weighted by atomic mass is 10.0. The molecule has 0 fully saturated rings. The van der Waals surface area contributed by atoms with Gasteiger partial charge in [-0.25, -0.2) is 4.18 Å². The molecule has 0 aromatic rings. The minimum atomic E-state index is -4.25. The molecular formula is C28H61NO7S. The predicted octanol–water partition coefficient (Wildman–Crippen LogP) is 5.89. The van der Waals surface area contributed by atoms with Crippen LogP contribution in [0.4, 0.5) is 0 Å². The summed E-state index contributed by atoms with van der Waals surface area (Å²) in [6.45, 7) is 4.13. The van der Waals surface area contributed by atoms with Crippen LogP contribution in [-0.2, 0) is 14.6 Å². The highest BCUT2D eigenvalue weighted by atomic mass is 32.3. The quantitative estimate of drug-likeness (QED) is 0.0695. The third kappa shape index (κ3) is 37.9. The fourth-order valence-corrected chi connectivity index (χ4v) is 4.61. The first-order valence-electron chi connectivity index (χ1n) is 15.1. The van der Waals surface area contributed by atoms with Crippen LogP contribution in [0.1, 0.15) is 135 Å². The van der Waals surface area contributed by atoms with E-state index in [1.54, 1.807) is 4.90 Å². The molecule has 4 N–H and O–H groups in total. The fraction of sp³-hybridized carbons (Fsp3) is 1.00. The Morgan fingerprint density at radius 2 is 0.784 bits per heavy atom. The summed E-state index contributed by atoms with van der Waals surface area (Å²) in [5.41, 5.74) is 0. The minimum absolute atomic E-state index is 0.0694. The van der Waals surface area contributed by atoms with Crippen molar-refractivity contribution >= 4 is 10.4 Å². The average molecular weight is 556 g/mol. The summed E-state index contributed by atoms with van der Waals surface area (Å²) in [7, 11) is -4.25. The van der Waals surface area contributed by atoms with Gasteiger partial charge in [-0.15, -0.1) is 0 Å². The third-order valence-corrected chi connectivity index (χ3v) is 6.94. The van der Waals surface area contributed by atoms with Crippen LogP contribution in [0.3, 0.4) is 0 Å². The van der Waals surface area contributed by atoms with E-state index in [9.17, 15) is 8.42 Å². The van der Waals surface area contributed by atoms with Gasteiger partial charge in [-0.2, -0.15) is 8.42 Å². The lowest BCUT2D eigenvalue weighted by Gasteiger charge is -2.17. The molecule has 0 bridgehead atoms. The van der Waals surface area contributed by atoms with Gasteiger partial charge in [0.25, 0.3) is 0 Å². The fourth-order valence-electron chi connectivity index (χ4n) is 4.28. The van der Waals surface area contributed by atoms with Crippen LogP contribution in [0.25, 0.3) is 0 Å². The van der Waals surface area contributed by atoms with E-state index in [0.717, 1.165) is 12.8 Å². The van der Waals surface area contributed by atoms with Crippen LogP contribution >= 0.6 is 0 Å². The molecule has 0 rings (SSSR count). The molecule has 0 aromatic carbocycles. The van der Waals surface area contributed by atoms with Crippen LogP contribution < -0.4 is 0 Å². The van der Waals surface area contributed by atoms with Gasteiger partial charge in [-0.05, 0) is 6.42 Å². The van der Waals surface area contributed by atoms with E-state index < -0.39 is 10.4 Å². The maximum atomic E-state index is 10.4. The largest absolute Gasteiger partial charge is 0.397 e. The first-order chi connectivity index (χ1) is 17.9. The van der Waals surface area contributed by atoms with E-state index in [-0.39, 0.29) is 26.4 Å². The van der Waals surface area contributed by atoms with Crippen molar-refractivity contribution in [1.82, 2.24) is 4.90 Å². The molecule has 0 unspecified atom stereocenters. The van der Waals surface area contributed by atoms with Crippen LogP contribution in [0.2, 0.25) is 0 Å². The number of aliphatic hydroxyl groups excluding tert-OH is 3. The Morgan fingerprint density at radius 3 is 1.03 bits per heavy atom. The Balaban J connectivity index is 0.